The Balaban J connectivity index is 1.83. The van der Waals surface area contributed by atoms with Crippen molar-refractivity contribution in [3.8, 4) is 23.1 Å². The smallest absolute Gasteiger partial charge is 0.163 e. The van der Waals surface area contributed by atoms with Crippen LogP contribution < -0.4 is 4.74 Å². The Bertz CT molecular complexity index is 862. The molecule has 1 N–H and O–H groups in total. The average molecular weight is 325 g/mol. The van der Waals surface area contributed by atoms with Crippen LogP contribution in [0.4, 0.5) is 0 Å². The van der Waals surface area contributed by atoms with Crippen molar-refractivity contribution in [1.29, 1.82) is 5.26 Å². The largest absolute Gasteiger partial charge is 0.487 e. The molecular formula is C17H13ClN4O. The molecule has 0 atom stereocenters. The van der Waals surface area contributed by atoms with Gasteiger partial charge in [-0.1, -0.05) is 47.1 Å². The third kappa shape index (κ3) is 3.17. The Hall–Kier alpha value is -2.84. The molecule has 0 aliphatic heterocycles. The summed E-state index contributed by atoms with van der Waals surface area (Å²) < 4.78 is 5.84. The van der Waals surface area contributed by atoms with Gasteiger partial charge >= 0.3 is 0 Å². The monoisotopic (exact) mass is 324 g/mol. The van der Waals surface area contributed by atoms with Crippen molar-refractivity contribution in [2.24, 2.45) is 0 Å². The maximum atomic E-state index is 9.05. The average Bonchev–Trinajstić information content (AvgIpc) is 3.03. The molecule has 0 aliphatic rings. The Labute approximate surface area is 138 Å². The normalized spacial score (nSPS) is 10.3. The number of ether oxygens (including phenoxy) is 1. The van der Waals surface area contributed by atoms with Crippen LogP contribution in [-0.4, -0.2) is 15.4 Å². The van der Waals surface area contributed by atoms with Crippen molar-refractivity contribution >= 4 is 11.6 Å². The Kier molecular flexibility index (Phi) is 4.26. The van der Waals surface area contributed by atoms with Gasteiger partial charge in [0.2, 0.25) is 0 Å². The van der Waals surface area contributed by atoms with E-state index in [1.165, 1.54) is 0 Å². The predicted molar refractivity (Wildman–Crippen MR) is 87.1 cm³/mol. The number of aromatic amines is 1. The predicted octanol–water partition coefficient (Wildman–Crippen LogP) is 3.88. The highest BCUT2D eigenvalue weighted by Crippen LogP contribution is 2.29. The molecule has 3 rings (SSSR count). The summed E-state index contributed by atoms with van der Waals surface area (Å²) in [5.74, 6) is 0.679. The molecule has 0 unspecified atom stereocenters. The second-order valence-corrected chi connectivity index (χ2v) is 5.43. The van der Waals surface area contributed by atoms with Crippen LogP contribution in [0.3, 0.4) is 0 Å². The molecule has 0 saturated carbocycles. The third-order valence-corrected chi connectivity index (χ3v) is 3.71. The lowest BCUT2D eigenvalue weighted by Gasteiger charge is -2.11. The number of para-hydroxylation sites is 1. The first-order valence-electron chi connectivity index (χ1n) is 6.97. The summed E-state index contributed by atoms with van der Waals surface area (Å²) in [4.78, 5) is 0. The van der Waals surface area contributed by atoms with Gasteiger partial charge in [-0.2, -0.15) is 5.26 Å². The number of rotatable bonds is 4. The number of nitrogens with zero attached hydrogens (tertiary/aromatic N) is 3. The highest BCUT2D eigenvalue weighted by molar-refractivity contribution is 6.32. The second-order valence-electron chi connectivity index (χ2n) is 5.02. The van der Waals surface area contributed by atoms with E-state index in [0.717, 1.165) is 16.7 Å². The van der Waals surface area contributed by atoms with E-state index in [-0.39, 0.29) is 0 Å². The molecule has 1 heterocycles. The van der Waals surface area contributed by atoms with Gasteiger partial charge in [-0.15, -0.1) is 5.10 Å². The first-order valence-corrected chi connectivity index (χ1v) is 7.35. The van der Waals surface area contributed by atoms with E-state index in [1.54, 1.807) is 6.07 Å². The van der Waals surface area contributed by atoms with E-state index in [2.05, 4.69) is 15.4 Å². The van der Waals surface area contributed by atoms with Crippen LogP contribution in [-0.2, 0) is 6.61 Å². The molecule has 0 amide bonds. The van der Waals surface area contributed by atoms with Crippen LogP contribution in [0, 0.1) is 18.3 Å². The van der Waals surface area contributed by atoms with Crippen LogP contribution in [0.5, 0.6) is 5.75 Å². The number of aryl methyl sites for hydroxylation is 1. The van der Waals surface area contributed by atoms with E-state index in [1.807, 2.05) is 49.4 Å². The molecule has 0 fully saturated rings. The summed E-state index contributed by atoms with van der Waals surface area (Å²) in [5, 5.41) is 19.8. The molecular weight excluding hydrogens is 312 g/mol. The number of hydrogen-bond acceptors (Lipinski definition) is 4. The fraction of sp³-hybridized carbons (Fsp3) is 0.118. The number of H-pyrrole nitrogens is 1. The number of nitrogens with one attached hydrogen (secondary N) is 1. The quantitative estimate of drug-likeness (QED) is 0.790. The van der Waals surface area contributed by atoms with Crippen molar-refractivity contribution in [3.05, 3.63) is 64.3 Å². The molecule has 3 aromatic rings. The summed E-state index contributed by atoms with van der Waals surface area (Å²) in [6.07, 6.45) is 0. The van der Waals surface area contributed by atoms with Gasteiger partial charge in [0.05, 0.1) is 5.02 Å². The zero-order valence-corrected chi connectivity index (χ0v) is 13.1. The lowest BCUT2D eigenvalue weighted by Crippen LogP contribution is -1.98. The van der Waals surface area contributed by atoms with Crippen molar-refractivity contribution in [2.45, 2.75) is 13.5 Å². The molecule has 5 nitrogen and oxygen atoms in total. The third-order valence-electron chi connectivity index (χ3n) is 3.41. The number of halogens is 1. The van der Waals surface area contributed by atoms with Crippen molar-refractivity contribution in [1.82, 2.24) is 15.4 Å². The van der Waals surface area contributed by atoms with Gasteiger partial charge in [0.25, 0.3) is 0 Å². The minimum atomic E-state index is 0.338. The van der Waals surface area contributed by atoms with Gasteiger partial charge in [-0.05, 0) is 30.2 Å². The molecule has 0 spiro atoms. The zero-order valence-electron chi connectivity index (χ0n) is 12.4. The van der Waals surface area contributed by atoms with Gasteiger partial charge in [-0.25, -0.2) is 5.10 Å². The molecule has 23 heavy (non-hydrogen) atoms. The topological polar surface area (TPSA) is 74.6 Å². The number of hydrogen-bond donors (Lipinski definition) is 1. The number of benzene rings is 2. The van der Waals surface area contributed by atoms with E-state index in [9.17, 15) is 0 Å². The standard InChI is InChI=1S/C17H13ClN4O/c1-11-4-2-7-14(18)17(11)23-10-12-5-3-6-13(8-12)16-15(9-19)20-22-21-16/h2-8H,10H2,1H3,(H,20,21,22). The van der Waals surface area contributed by atoms with Crippen molar-refractivity contribution in [3.63, 3.8) is 0 Å². The Morgan fingerprint density at radius 2 is 2.09 bits per heavy atom. The molecule has 2 aromatic carbocycles. The van der Waals surface area contributed by atoms with E-state index < -0.39 is 0 Å². The lowest BCUT2D eigenvalue weighted by molar-refractivity contribution is 0.304. The van der Waals surface area contributed by atoms with E-state index >= 15 is 0 Å². The van der Waals surface area contributed by atoms with Gasteiger partial charge in [0.15, 0.2) is 5.69 Å². The second kappa shape index (κ2) is 6.51. The molecule has 0 aliphatic carbocycles. The first-order chi connectivity index (χ1) is 11.2. The molecule has 0 saturated heterocycles. The fourth-order valence-corrected chi connectivity index (χ4v) is 2.55. The number of aromatic nitrogens is 3. The van der Waals surface area contributed by atoms with Gasteiger partial charge in [-0.3, -0.25) is 0 Å². The minimum absolute atomic E-state index is 0.338. The minimum Gasteiger partial charge on any atom is -0.487 e. The SMILES string of the molecule is Cc1cccc(Cl)c1OCc1cccc(-c2nn[nH]c2C#N)c1. The van der Waals surface area contributed by atoms with Gasteiger partial charge < -0.3 is 4.74 Å². The maximum absolute atomic E-state index is 9.05. The van der Waals surface area contributed by atoms with E-state index in [0.29, 0.717) is 28.8 Å². The van der Waals surface area contributed by atoms with Crippen molar-refractivity contribution in [2.75, 3.05) is 0 Å². The first kappa shape index (κ1) is 15.1. The van der Waals surface area contributed by atoms with E-state index in [4.69, 9.17) is 21.6 Å². The molecule has 114 valence electrons. The summed E-state index contributed by atoms with van der Waals surface area (Å²) >= 11 is 6.16. The summed E-state index contributed by atoms with van der Waals surface area (Å²) in [5.41, 5.74) is 3.62. The Morgan fingerprint density at radius 1 is 1.26 bits per heavy atom. The molecule has 0 radical (unpaired) electrons. The molecule has 1 aromatic heterocycles. The van der Waals surface area contributed by atoms with Gasteiger partial charge in [0, 0.05) is 5.56 Å². The maximum Gasteiger partial charge on any atom is 0.163 e. The number of nitriles is 1. The molecule has 0 bridgehead atoms. The lowest BCUT2D eigenvalue weighted by atomic mass is 10.1. The fourth-order valence-electron chi connectivity index (χ4n) is 2.27. The summed E-state index contributed by atoms with van der Waals surface area (Å²) in [7, 11) is 0. The van der Waals surface area contributed by atoms with Crippen LogP contribution in [0.15, 0.2) is 42.5 Å². The summed E-state index contributed by atoms with van der Waals surface area (Å²) in [6, 6.07) is 15.3. The molecule has 6 heteroatoms. The highest BCUT2D eigenvalue weighted by atomic mass is 35.5. The van der Waals surface area contributed by atoms with Crippen LogP contribution in [0.2, 0.25) is 5.02 Å². The highest BCUT2D eigenvalue weighted by Gasteiger charge is 2.10. The van der Waals surface area contributed by atoms with Crippen LogP contribution >= 0.6 is 11.6 Å². The summed E-state index contributed by atoms with van der Waals surface area (Å²) in [6.45, 7) is 2.32. The Morgan fingerprint density at radius 3 is 2.87 bits per heavy atom. The van der Waals surface area contributed by atoms with Crippen LogP contribution in [0.25, 0.3) is 11.3 Å². The van der Waals surface area contributed by atoms with Gasteiger partial charge in [0.1, 0.15) is 24.1 Å². The van der Waals surface area contributed by atoms with Crippen molar-refractivity contribution < 1.29 is 4.74 Å². The van der Waals surface area contributed by atoms with Crippen LogP contribution in [0.1, 0.15) is 16.8 Å². The zero-order chi connectivity index (χ0) is 16.2.